The van der Waals surface area contributed by atoms with E-state index in [-0.39, 0.29) is 18.5 Å². The van der Waals surface area contributed by atoms with Crippen LogP contribution in [0.4, 0.5) is 5.69 Å². The molecule has 0 radical (unpaired) electrons. The van der Waals surface area contributed by atoms with Crippen LogP contribution in [0.15, 0.2) is 77.8 Å². The fourth-order valence-electron chi connectivity index (χ4n) is 3.82. The molecule has 3 aromatic rings. The quantitative estimate of drug-likeness (QED) is 0.390. The van der Waals surface area contributed by atoms with Gasteiger partial charge in [0, 0.05) is 11.1 Å². The first-order valence-electron chi connectivity index (χ1n) is 9.75. The predicted molar refractivity (Wildman–Crippen MR) is 118 cm³/mol. The van der Waals surface area contributed by atoms with Crippen LogP contribution in [0, 0.1) is 6.92 Å². The molecule has 0 fully saturated rings. The Morgan fingerprint density at radius 1 is 1.10 bits per heavy atom. The van der Waals surface area contributed by atoms with Gasteiger partial charge in [0.25, 0.3) is 5.91 Å². The van der Waals surface area contributed by atoms with Crippen LogP contribution in [0.25, 0.3) is 0 Å². The summed E-state index contributed by atoms with van der Waals surface area (Å²) in [5, 5.41) is 0. The van der Waals surface area contributed by atoms with E-state index in [9.17, 15) is 4.79 Å². The Hall–Kier alpha value is -3.64. The maximum atomic E-state index is 12.4. The molecule has 0 aliphatic carbocycles. The summed E-state index contributed by atoms with van der Waals surface area (Å²) in [5.41, 5.74) is 7.27. The molecule has 3 N–H and O–H groups in total. The zero-order chi connectivity index (χ0) is 21.1. The lowest BCUT2D eigenvalue weighted by Gasteiger charge is -2.38. The molecular weight excluding hydrogens is 376 g/mol. The van der Waals surface area contributed by atoms with E-state index in [2.05, 4.69) is 36.6 Å². The highest BCUT2D eigenvalue weighted by atomic mass is 16.5. The number of nitrogens with two attached hydrogens (primary N) is 1. The van der Waals surface area contributed by atoms with Gasteiger partial charge in [-0.25, -0.2) is 10.8 Å². The van der Waals surface area contributed by atoms with Gasteiger partial charge in [0.05, 0.1) is 18.8 Å². The summed E-state index contributed by atoms with van der Waals surface area (Å²) >= 11 is 0. The first-order valence-corrected chi connectivity index (χ1v) is 9.75. The van der Waals surface area contributed by atoms with Crippen molar-refractivity contribution in [3.05, 3.63) is 95.1 Å². The second-order valence-electron chi connectivity index (χ2n) is 7.24. The summed E-state index contributed by atoms with van der Waals surface area (Å²) < 4.78 is 5.41. The molecule has 1 aliphatic heterocycles. The lowest BCUT2D eigenvalue weighted by atomic mass is 9.91. The summed E-state index contributed by atoms with van der Waals surface area (Å²) in [6, 6.07) is 23.8. The van der Waals surface area contributed by atoms with Gasteiger partial charge in [-0.1, -0.05) is 60.2 Å². The van der Waals surface area contributed by atoms with Crippen molar-refractivity contribution in [2.75, 3.05) is 13.7 Å². The number of ether oxygens (including phenoxy) is 1. The molecule has 1 heterocycles. The number of nitrogens with zero attached hydrogens (tertiary/aromatic N) is 2. The van der Waals surface area contributed by atoms with E-state index < -0.39 is 0 Å². The summed E-state index contributed by atoms with van der Waals surface area (Å²) in [5.74, 6) is 6.57. The van der Waals surface area contributed by atoms with Crippen LogP contribution < -0.4 is 16.0 Å². The lowest BCUT2D eigenvalue weighted by molar-refractivity contribution is -0.121. The van der Waals surface area contributed by atoms with Gasteiger partial charge in [0.2, 0.25) is 0 Å². The molecule has 0 spiro atoms. The molecule has 0 aromatic heterocycles. The molecule has 152 valence electrons. The number of amidine groups is 1. The Labute approximate surface area is 176 Å². The van der Waals surface area contributed by atoms with Gasteiger partial charge in [-0.05, 0) is 30.7 Å². The summed E-state index contributed by atoms with van der Waals surface area (Å²) in [7, 11) is 1.63. The molecule has 4 rings (SSSR count). The SMILES string of the molecule is COc1cccc(C2=Nc3ccc(C)cc3C(c3ccccc3)N2CC(=O)NN)c1. The number of aryl methyl sites for hydroxylation is 1. The van der Waals surface area contributed by atoms with Gasteiger partial charge in [0.1, 0.15) is 18.1 Å². The van der Waals surface area contributed by atoms with E-state index in [4.69, 9.17) is 15.6 Å². The third kappa shape index (κ3) is 3.77. The van der Waals surface area contributed by atoms with Crippen LogP contribution in [0.3, 0.4) is 0 Å². The third-order valence-electron chi connectivity index (χ3n) is 5.21. The molecule has 6 heteroatoms. The Kier molecular flexibility index (Phi) is 5.50. The van der Waals surface area contributed by atoms with Crippen molar-refractivity contribution in [1.29, 1.82) is 0 Å². The van der Waals surface area contributed by atoms with E-state index in [0.717, 1.165) is 33.7 Å². The van der Waals surface area contributed by atoms with Gasteiger partial charge in [-0.2, -0.15) is 0 Å². The number of methoxy groups -OCH3 is 1. The second-order valence-corrected chi connectivity index (χ2v) is 7.24. The summed E-state index contributed by atoms with van der Waals surface area (Å²) in [4.78, 5) is 19.3. The number of fused-ring (bicyclic) bond motifs is 1. The van der Waals surface area contributed by atoms with Gasteiger partial charge in [-0.3, -0.25) is 10.2 Å². The number of aliphatic imine (C=N–C) groups is 1. The smallest absolute Gasteiger partial charge is 0.253 e. The molecule has 0 saturated carbocycles. The summed E-state index contributed by atoms with van der Waals surface area (Å²) in [6.07, 6.45) is 0. The van der Waals surface area contributed by atoms with Gasteiger partial charge in [0.15, 0.2) is 0 Å². The van der Waals surface area contributed by atoms with Gasteiger partial charge >= 0.3 is 0 Å². The Morgan fingerprint density at radius 3 is 2.63 bits per heavy atom. The molecule has 6 nitrogen and oxygen atoms in total. The standard InChI is InChI=1S/C24H24N4O2/c1-16-11-12-21-20(13-16)23(17-7-4-3-5-8-17)28(15-22(29)27-25)24(26-21)18-9-6-10-19(14-18)30-2/h3-14,23H,15,25H2,1-2H3,(H,27,29). The maximum absolute atomic E-state index is 12.4. The first kappa shape index (κ1) is 19.7. The minimum Gasteiger partial charge on any atom is -0.497 e. The number of carbonyl (C=O) groups is 1. The minimum atomic E-state index is -0.289. The molecule has 1 unspecified atom stereocenters. The zero-order valence-corrected chi connectivity index (χ0v) is 17.0. The molecule has 0 saturated heterocycles. The number of amides is 1. The van der Waals surface area contributed by atoms with E-state index in [1.165, 1.54) is 0 Å². The van der Waals surface area contributed by atoms with Gasteiger partial charge < -0.3 is 9.64 Å². The number of rotatable bonds is 5. The Bertz CT molecular complexity index is 1100. The molecular formula is C24H24N4O2. The Balaban J connectivity index is 1.94. The monoisotopic (exact) mass is 400 g/mol. The number of hydrazine groups is 1. The van der Waals surface area contributed by atoms with E-state index in [1.54, 1.807) is 7.11 Å². The highest BCUT2D eigenvalue weighted by Crippen LogP contribution is 2.40. The summed E-state index contributed by atoms with van der Waals surface area (Å²) in [6.45, 7) is 2.13. The largest absolute Gasteiger partial charge is 0.497 e. The van der Waals surface area contributed by atoms with Crippen molar-refractivity contribution >= 4 is 17.4 Å². The predicted octanol–water partition coefficient (Wildman–Crippen LogP) is 3.48. The van der Waals surface area contributed by atoms with Crippen molar-refractivity contribution < 1.29 is 9.53 Å². The molecule has 1 amide bonds. The maximum Gasteiger partial charge on any atom is 0.253 e. The fraction of sp³-hybridized carbons (Fsp3) is 0.167. The van der Waals surface area contributed by atoms with Crippen LogP contribution in [0.5, 0.6) is 5.75 Å². The highest BCUT2D eigenvalue weighted by Gasteiger charge is 2.33. The van der Waals surface area contributed by atoms with E-state index >= 15 is 0 Å². The van der Waals surface area contributed by atoms with Crippen molar-refractivity contribution in [3.63, 3.8) is 0 Å². The minimum absolute atomic E-state index is 0.0689. The van der Waals surface area contributed by atoms with Crippen LogP contribution in [-0.2, 0) is 4.79 Å². The van der Waals surface area contributed by atoms with Crippen molar-refractivity contribution in [2.45, 2.75) is 13.0 Å². The highest BCUT2D eigenvalue weighted by molar-refractivity contribution is 6.04. The number of benzene rings is 3. The third-order valence-corrected chi connectivity index (χ3v) is 5.21. The second kappa shape index (κ2) is 8.39. The average Bonchev–Trinajstić information content (AvgIpc) is 2.79. The molecule has 3 aromatic carbocycles. The van der Waals surface area contributed by atoms with Crippen LogP contribution in [0.2, 0.25) is 0 Å². The number of hydrogen-bond donors (Lipinski definition) is 2. The first-order chi connectivity index (χ1) is 14.6. The number of nitrogens with one attached hydrogen (secondary N) is 1. The molecule has 30 heavy (non-hydrogen) atoms. The molecule has 0 bridgehead atoms. The van der Waals surface area contributed by atoms with Crippen molar-refractivity contribution in [2.24, 2.45) is 10.8 Å². The number of carbonyl (C=O) groups excluding carboxylic acids is 1. The molecule has 1 atom stereocenters. The fourth-order valence-corrected chi connectivity index (χ4v) is 3.82. The normalized spacial score (nSPS) is 15.2. The zero-order valence-electron chi connectivity index (χ0n) is 17.0. The van der Waals surface area contributed by atoms with Crippen LogP contribution in [0.1, 0.15) is 28.3 Å². The van der Waals surface area contributed by atoms with Crippen LogP contribution in [-0.4, -0.2) is 30.3 Å². The van der Waals surface area contributed by atoms with Gasteiger partial charge in [-0.15, -0.1) is 0 Å². The van der Waals surface area contributed by atoms with E-state index in [1.807, 2.05) is 53.4 Å². The lowest BCUT2D eigenvalue weighted by Crippen LogP contribution is -2.46. The van der Waals surface area contributed by atoms with E-state index in [0.29, 0.717) is 5.84 Å². The Morgan fingerprint density at radius 2 is 1.90 bits per heavy atom. The topological polar surface area (TPSA) is 80.0 Å². The van der Waals surface area contributed by atoms with Crippen LogP contribution >= 0.6 is 0 Å². The van der Waals surface area contributed by atoms with Crippen molar-refractivity contribution in [1.82, 2.24) is 10.3 Å². The molecule has 1 aliphatic rings. The number of hydrogen-bond acceptors (Lipinski definition) is 5. The van der Waals surface area contributed by atoms with Crippen molar-refractivity contribution in [3.8, 4) is 5.75 Å². The average molecular weight is 400 g/mol.